The van der Waals surface area contributed by atoms with Crippen LogP contribution in [0.3, 0.4) is 0 Å². The van der Waals surface area contributed by atoms with Gasteiger partial charge in [0.2, 0.25) is 0 Å². The van der Waals surface area contributed by atoms with Crippen molar-refractivity contribution in [3.8, 4) is 11.5 Å². The number of thiophene rings is 1. The van der Waals surface area contributed by atoms with Crippen LogP contribution in [0.25, 0.3) is 10.2 Å². The summed E-state index contributed by atoms with van der Waals surface area (Å²) in [5.74, 6) is 1.07. The smallest absolute Gasteiger partial charge is 0.410 e. The summed E-state index contributed by atoms with van der Waals surface area (Å²) in [7, 11) is 0. The molecule has 222 valence electrons. The van der Waals surface area contributed by atoms with Gasteiger partial charge in [0.15, 0.2) is 0 Å². The molecule has 2 aromatic carbocycles. The highest BCUT2D eigenvalue weighted by Gasteiger charge is 2.35. The average molecular weight is 600 g/mol. The molecule has 1 atom stereocenters. The van der Waals surface area contributed by atoms with Crippen LogP contribution in [-0.4, -0.2) is 52.6 Å². The van der Waals surface area contributed by atoms with Crippen LogP contribution in [0, 0.1) is 6.92 Å². The first kappa shape index (κ1) is 28.5. The topological polar surface area (TPSA) is 113 Å². The van der Waals surface area contributed by atoms with Gasteiger partial charge in [0.1, 0.15) is 26.8 Å². The first-order valence-electron chi connectivity index (χ1n) is 14.2. The van der Waals surface area contributed by atoms with E-state index in [2.05, 4.69) is 15.6 Å². The Balaban J connectivity index is 1.25. The third-order valence-corrected chi connectivity index (χ3v) is 8.35. The summed E-state index contributed by atoms with van der Waals surface area (Å²) < 4.78 is 11.5. The number of likely N-dealkylation sites (tertiary alicyclic amines) is 1. The summed E-state index contributed by atoms with van der Waals surface area (Å²) in [4.78, 5) is 48.5. The minimum Gasteiger partial charge on any atom is -0.457 e. The second kappa shape index (κ2) is 11.2. The molecule has 11 heteroatoms. The lowest BCUT2D eigenvalue weighted by atomic mass is 10.1. The minimum absolute atomic E-state index is 0.242. The standard InChI is InChI=1S/C32H33N5O5S/c1-19-17-22(41-21-10-6-5-7-11-21)12-13-23(19)37-24-14-15-33-29-25(24)26(35-30(37)39)27(43-29)28(38)34-20-9-8-16-36(18-20)31(40)42-32(2,3)4/h5-7,10-15,17,20H,8-9,16,18H2,1-4H3,(H,34,38)(H,35,39)/t20-/m1/s1. The number of nitrogens with zero attached hydrogens (tertiary/aromatic N) is 3. The summed E-state index contributed by atoms with van der Waals surface area (Å²) in [6.45, 7) is 8.34. The second-order valence-electron chi connectivity index (χ2n) is 11.7. The highest BCUT2D eigenvalue weighted by Crippen LogP contribution is 2.46. The monoisotopic (exact) mass is 599 g/mol. The van der Waals surface area contributed by atoms with E-state index < -0.39 is 5.60 Å². The number of hydrogen-bond donors (Lipinski definition) is 2. The molecule has 2 aliphatic heterocycles. The van der Waals surface area contributed by atoms with E-state index in [-0.39, 0.29) is 24.1 Å². The van der Waals surface area contributed by atoms with Gasteiger partial charge in [0.05, 0.1) is 22.4 Å². The van der Waals surface area contributed by atoms with Crippen molar-refractivity contribution >= 4 is 56.6 Å². The van der Waals surface area contributed by atoms with Gasteiger partial charge in [-0.3, -0.25) is 9.69 Å². The van der Waals surface area contributed by atoms with Crippen LogP contribution >= 0.6 is 11.3 Å². The van der Waals surface area contributed by atoms with Gasteiger partial charge in [-0.2, -0.15) is 0 Å². The molecule has 43 heavy (non-hydrogen) atoms. The molecule has 4 amide bonds. The predicted molar refractivity (Wildman–Crippen MR) is 167 cm³/mol. The third-order valence-electron chi connectivity index (χ3n) is 7.25. The molecule has 0 radical (unpaired) electrons. The summed E-state index contributed by atoms with van der Waals surface area (Å²) >= 11 is 1.23. The van der Waals surface area contributed by atoms with Crippen molar-refractivity contribution in [1.82, 2.24) is 15.2 Å². The van der Waals surface area contributed by atoms with Gasteiger partial charge in [0, 0.05) is 25.3 Å². The van der Waals surface area contributed by atoms with E-state index in [9.17, 15) is 14.4 Å². The minimum atomic E-state index is -0.597. The fourth-order valence-corrected chi connectivity index (χ4v) is 6.41. The summed E-state index contributed by atoms with van der Waals surface area (Å²) in [6, 6.07) is 16.2. The Kier molecular flexibility index (Phi) is 7.43. The van der Waals surface area contributed by atoms with Crippen molar-refractivity contribution in [1.29, 1.82) is 0 Å². The van der Waals surface area contributed by atoms with Gasteiger partial charge in [-0.05, 0) is 82.5 Å². The van der Waals surface area contributed by atoms with Gasteiger partial charge >= 0.3 is 12.1 Å². The number of urea groups is 1. The molecule has 0 aliphatic carbocycles. The zero-order valence-electron chi connectivity index (χ0n) is 24.5. The number of piperidine rings is 1. The lowest BCUT2D eigenvalue weighted by Gasteiger charge is -2.34. The molecule has 1 saturated heterocycles. The molecular weight excluding hydrogens is 566 g/mol. The van der Waals surface area contributed by atoms with Crippen LogP contribution in [0.2, 0.25) is 0 Å². The van der Waals surface area contributed by atoms with Gasteiger partial charge in [-0.25, -0.2) is 14.6 Å². The third kappa shape index (κ3) is 5.85. The Morgan fingerprint density at radius 3 is 2.60 bits per heavy atom. The van der Waals surface area contributed by atoms with E-state index in [1.54, 1.807) is 22.1 Å². The van der Waals surface area contributed by atoms with Crippen molar-refractivity contribution in [2.75, 3.05) is 23.3 Å². The Morgan fingerprint density at radius 1 is 1.07 bits per heavy atom. The average Bonchev–Trinajstić information content (AvgIpc) is 3.33. The largest absolute Gasteiger partial charge is 0.457 e. The van der Waals surface area contributed by atoms with Crippen molar-refractivity contribution < 1.29 is 23.9 Å². The summed E-state index contributed by atoms with van der Waals surface area (Å²) in [5.41, 5.74) is 2.03. The predicted octanol–water partition coefficient (Wildman–Crippen LogP) is 7.21. The first-order valence-corrected chi connectivity index (χ1v) is 15.0. The number of anilines is 3. The molecule has 1 fully saturated rings. The van der Waals surface area contributed by atoms with E-state index in [0.29, 0.717) is 51.0 Å². The number of para-hydroxylation sites is 1. The fourth-order valence-electron chi connectivity index (χ4n) is 5.39. The summed E-state index contributed by atoms with van der Waals surface area (Å²) in [5, 5.41) is 6.73. The number of carbonyl (C=O) groups is 3. The number of aryl methyl sites for hydroxylation is 1. The van der Waals surface area contributed by atoms with E-state index >= 15 is 0 Å². The van der Waals surface area contributed by atoms with Crippen molar-refractivity contribution in [3.05, 3.63) is 71.2 Å². The van der Waals surface area contributed by atoms with Crippen LogP contribution in [-0.2, 0) is 4.74 Å². The van der Waals surface area contributed by atoms with Crippen LogP contribution < -0.4 is 20.3 Å². The molecular formula is C32H33N5O5S. The number of benzene rings is 2. The molecule has 0 saturated carbocycles. The van der Waals surface area contributed by atoms with Crippen LogP contribution in [0.4, 0.5) is 26.7 Å². The number of carbonyl (C=O) groups excluding carboxylic acids is 3. The Hall–Kier alpha value is -4.64. The van der Waals surface area contributed by atoms with Crippen LogP contribution in [0.15, 0.2) is 60.8 Å². The number of amides is 4. The van der Waals surface area contributed by atoms with Gasteiger partial charge in [-0.1, -0.05) is 18.2 Å². The number of pyridine rings is 1. The molecule has 2 N–H and O–H groups in total. The lowest BCUT2D eigenvalue weighted by Crippen LogP contribution is -2.50. The number of ether oxygens (including phenoxy) is 2. The molecule has 4 heterocycles. The normalized spacial score (nSPS) is 16.6. The SMILES string of the molecule is Cc1cc(Oc2ccccc2)ccc1N1C(=O)Nc2c(C(=O)N[C@@H]3CCCN(C(=O)OC(C)(C)C)C3)sc3nccc1c23. The maximum atomic E-state index is 13.6. The lowest BCUT2D eigenvalue weighted by molar-refractivity contribution is 0.0185. The van der Waals surface area contributed by atoms with Gasteiger partial charge in [0.25, 0.3) is 5.91 Å². The maximum absolute atomic E-state index is 13.6. The van der Waals surface area contributed by atoms with Crippen molar-refractivity contribution in [2.45, 2.75) is 52.2 Å². The molecule has 2 aromatic heterocycles. The molecule has 2 aliphatic rings. The zero-order valence-corrected chi connectivity index (χ0v) is 25.3. The molecule has 0 unspecified atom stereocenters. The number of rotatable bonds is 5. The van der Waals surface area contributed by atoms with Crippen LogP contribution in [0.5, 0.6) is 11.5 Å². The second-order valence-corrected chi connectivity index (χ2v) is 12.7. The Bertz CT molecular complexity index is 1710. The quantitative estimate of drug-likeness (QED) is 0.251. The zero-order chi connectivity index (χ0) is 30.3. The fraction of sp³-hybridized carbons (Fsp3) is 0.312. The van der Waals surface area contributed by atoms with E-state index in [1.165, 1.54) is 11.3 Å². The van der Waals surface area contributed by atoms with Crippen LogP contribution in [0.1, 0.15) is 48.8 Å². The Morgan fingerprint density at radius 2 is 1.86 bits per heavy atom. The van der Waals surface area contributed by atoms with E-state index in [4.69, 9.17) is 9.47 Å². The number of nitrogens with one attached hydrogen (secondary N) is 2. The van der Waals surface area contributed by atoms with Crippen molar-refractivity contribution in [2.24, 2.45) is 0 Å². The number of aromatic nitrogens is 1. The first-order chi connectivity index (χ1) is 20.6. The highest BCUT2D eigenvalue weighted by molar-refractivity contribution is 7.21. The molecule has 0 bridgehead atoms. The molecule has 6 rings (SSSR count). The summed E-state index contributed by atoms with van der Waals surface area (Å²) in [6.07, 6.45) is 2.74. The Labute approximate surface area is 253 Å². The van der Waals surface area contributed by atoms with Gasteiger partial charge < -0.3 is 25.0 Å². The molecule has 10 nitrogen and oxygen atoms in total. The molecule has 0 spiro atoms. The maximum Gasteiger partial charge on any atom is 0.410 e. The van der Waals surface area contributed by atoms with E-state index in [0.717, 1.165) is 24.2 Å². The number of hydrogen-bond acceptors (Lipinski definition) is 7. The van der Waals surface area contributed by atoms with Crippen molar-refractivity contribution in [3.63, 3.8) is 0 Å². The van der Waals surface area contributed by atoms with E-state index in [1.807, 2.05) is 76.2 Å². The van der Waals surface area contributed by atoms with Gasteiger partial charge in [-0.15, -0.1) is 11.3 Å². The highest BCUT2D eigenvalue weighted by atomic mass is 32.1. The molecule has 4 aromatic rings.